The highest BCUT2D eigenvalue weighted by molar-refractivity contribution is 5.91. The normalized spacial score (nSPS) is 24.0. The van der Waals surface area contributed by atoms with E-state index in [4.69, 9.17) is 9.47 Å². The van der Waals surface area contributed by atoms with Crippen LogP contribution in [0.25, 0.3) is 0 Å². The number of ether oxygens (including phenoxy) is 2. The van der Waals surface area contributed by atoms with E-state index >= 15 is 0 Å². The molecule has 0 radical (unpaired) electrons. The lowest BCUT2D eigenvalue weighted by Gasteiger charge is -2.40. The number of amides is 2. The average molecular weight is 362 g/mol. The van der Waals surface area contributed by atoms with Crippen molar-refractivity contribution in [1.29, 1.82) is 0 Å². The predicted molar refractivity (Wildman–Crippen MR) is 96.7 cm³/mol. The number of carbonyl (C=O) groups excluding carboxylic acids is 2. The van der Waals surface area contributed by atoms with E-state index in [1.165, 1.54) is 0 Å². The molecule has 2 amide bonds. The molecular formula is C18H26N4O4. The average Bonchev–Trinajstić information content (AvgIpc) is 2.62. The van der Waals surface area contributed by atoms with Gasteiger partial charge in [-0.1, -0.05) is 6.07 Å². The fraction of sp³-hybridized carbons (Fsp3) is 0.556. The van der Waals surface area contributed by atoms with Crippen molar-refractivity contribution in [2.24, 2.45) is 0 Å². The van der Waals surface area contributed by atoms with Crippen LogP contribution in [0, 0.1) is 0 Å². The van der Waals surface area contributed by atoms with Crippen LogP contribution in [0.4, 0.5) is 5.69 Å². The third-order valence-electron chi connectivity index (χ3n) is 4.41. The summed E-state index contributed by atoms with van der Waals surface area (Å²) in [5, 5.41) is 9.05. The summed E-state index contributed by atoms with van der Waals surface area (Å²) >= 11 is 0. The van der Waals surface area contributed by atoms with Crippen molar-refractivity contribution in [1.82, 2.24) is 15.5 Å². The number of nitrogens with one attached hydrogen (secondary N) is 3. The van der Waals surface area contributed by atoms with Crippen molar-refractivity contribution in [3.05, 3.63) is 24.3 Å². The number of benzene rings is 1. The van der Waals surface area contributed by atoms with E-state index in [1.807, 2.05) is 25.1 Å². The van der Waals surface area contributed by atoms with Gasteiger partial charge in [0.05, 0.1) is 45.0 Å². The lowest BCUT2D eigenvalue weighted by molar-refractivity contribution is -0.128. The predicted octanol–water partition coefficient (Wildman–Crippen LogP) is 0.508. The van der Waals surface area contributed by atoms with Gasteiger partial charge in [-0.05, 0) is 19.1 Å². The minimum absolute atomic E-state index is 0.0450. The van der Waals surface area contributed by atoms with E-state index < -0.39 is 0 Å². The van der Waals surface area contributed by atoms with E-state index in [0.717, 1.165) is 13.1 Å². The van der Waals surface area contributed by atoms with Crippen molar-refractivity contribution in [2.75, 3.05) is 38.2 Å². The molecule has 0 saturated carbocycles. The van der Waals surface area contributed by atoms with Crippen LogP contribution < -0.4 is 20.7 Å². The Labute approximate surface area is 153 Å². The zero-order valence-corrected chi connectivity index (χ0v) is 15.0. The molecule has 2 aliphatic heterocycles. The largest absolute Gasteiger partial charge is 0.494 e. The molecule has 0 spiro atoms. The van der Waals surface area contributed by atoms with Crippen molar-refractivity contribution in [3.8, 4) is 5.75 Å². The summed E-state index contributed by atoms with van der Waals surface area (Å²) in [6, 6.07) is 7.26. The Morgan fingerprint density at radius 3 is 2.96 bits per heavy atom. The molecule has 0 bridgehead atoms. The van der Waals surface area contributed by atoms with Crippen LogP contribution in [-0.2, 0) is 14.3 Å². The van der Waals surface area contributed by atoms with Gasteiger partial charge in [0.15, 0.2) is 0 Å². The van der Waals surface area contributed by atoms with Gasteiger partial charge in [0.2, 0.25) is 11.8 Å². The number of carbonyl (C=O) groups is 2. The van der Waals surface area contributed by atoms with E-state index in [1.54, 1.807) is 6.07 Å². The Hall–Kier alpha value is -2.16. The van der Waals surface area contributed by atoms with Crippen LogP contribution in [0.2, 0.25) is 0 Å². The molecule has 0 aromatic heterocycles. The minimum Gasteiger partial charge on any atom is -0.494 e. The van der Waals surface area contributed by atoms with Gasteiger partial charge in [-0.2, -0.15) is 0 Å². The summed E-state index contributed by atoms with van der Waals surface area (Å²) in [6.45, 7) is 5.39. The number of anilines is 1. The maximum Gasteiger partial charge on any atom is 0.227 e. The van der Waals surface area contributed by atoms with Crippen molar-refractivity contribution in [3.63, 3.8) is 0 Å². The number of nitrogens with zero attached hydrogens (tertiary/aromatic N) is 1. The lowest BCUT2D eigenvalue weighted by atomic mass is 10.1. The molecule has 8 heteroatoms. The Kier molecular flexibility index (Phi) is 6.43. The van der Waals surface area contributed by atoms with Gasteiger partial charge in [-0.3, -0.25) is 19.8 Å². The molecule has 2 aliphatic rings. The maximum absolute atomic E-state index is 12.4. The molecule has 8 nitrogen and oxygen atoms in total. The van der Waals surface area contributed by atoms with Gasteiger partial charge in [-0.25, -0.2) is 0 Å². The summed E-state index contributed by atoms with van der Waals surface area (Å²) in [5.41, 5.74) is 0.674. The van der Waals surface area contributed by atoms with Crippen LogP contribution in [0.15, 0.2) is 24.3 Å². The number of hydrogen-bond acceptors (Lipinski definition) is 6. The molecule has 2 fully saturated rings. The molecule has 0 aliphatic carbocycles. The van der Waals surface area contributed by atoms with E-state index in [0.29, 0.717) is 37.7 Å². The molecule has 3 N–H and O–H groups in total. The lowest BCUT2D eigenvalue weighted by Crippen LogP contribution is -2.63. The van der Waals surface area contributed by atoms with Crippen LogP contribution in [0.3, 0.4) is 0 Å². The van der Waals surface area contributed by atoms with Gasteiger partial charge in [0.1, 0.15) is 5.75 Å². The van der Waals surface area contributed by atoms with Crippen LogP contribution in [0.5, 0.6) is 5.75 Å². The highest BCUT2D eigenvalue weighted by Crippen LogP contribution is 2.18. The summed E-state index contributed by atoms with van der Waals surface area (Å²) in [4.78, 5) is 26.6. The molecule has 3 rings (SSSR count). The molecule has 1 aromatic carbocycles. The smallest absolute Gasteiger partial charge is 0.227 e. The van der Waals surface area contributed by atoms with E-state index in [-0.39, 0.29) is 30.6 Å². The van der Waals surface area contributed by atoms with Gasteiger partial charge in [0.25, 0.3) is 0 Å². The van der Waals surface area contributed by atoms with Crippen LogP contribution in [0.1, 0.15) is 19.8 Å². The molecular weight excluding hydrogens is 336 g/mol. The Bertz CT molecular complexity index is 633. The second kappa shape index (κ2) is 8.98. The third-order valence-corrected chi connectivity index (χ3v) is 4.41. The second-order valence-corrected chi connectivity index (χ2v) is 6.37. The Morgan fingerprint density at radius 2 is 2.19 bits per heavy atom. The van der Waals surface area contributed by atoms with Gasteiger partial charge in [-0.15, -0.1) is 0 Å². The quantitative estimate of drug-likeness (QED) is 0.683. The summed E-state index contributed by atoms with van der Waals surface area (Å²) in [7, 11) is 0. The van der Waals surface area contributed by atoms with Crippen LogP contribution >= 0.6 is 0 Å². The first kappa shape index (κ1) is 18.6. The zero-order chi connectivity index (χ0) is 18.4. The highest BCUT2D eigenvalue weighted by atomic mass is 16.5. The highest BCUT2D eigenvalue weighted by Gasteiger charge is 2.31. The molecule has 26 heavy (non-hydrogen) atoms. The second-order valence-electron chi connectivity index (χ2n) is 6.37. The van der Waals surface area contributed by atoms with E-state index in [2.05, 4.69) is 20.9 Å². The molecule has 2 heterocycles. The maximum atomic E-state index is 12.4. The standard InChI is InChI=1S/C18H26N4O4/c1-2-26-14-5-3-4-13(10-14)19-17(23)11-15-20-16(12-18(24)21-15)22-6-8-25-9-7-22/h3-5,10,15-16,20H,2,6-9,11-12H2,1H3,(H,19,23)(H,21,24). The third kappa shape index (κ3) is 5.17. The topological polar surface area (TPSA) is 91.9 Å². The zero-order valence-electron chi connectivity index (χ0n) is 15.0. The SMILES string of the molecule is CCOc1cccc(NC(=O)CC2NC(=O)CC(N3CCOCC3)N2)c1. The first-order valence-corrected chi connectivity index (χ1v) is 9.04. The fourth-order valence-electron chi connectivity index (χ4n) is 3.22. The first-order valence-electron chi connectivity index (χ1n) is 9.04. The first-order chi connectivity index (χ1) is 12.6. The number of hydrogen-bond donors (Lipinski definition) is 3. The molecule has 2 unspecified atom stereocenters. The molecule has 1 aromatic rings. The molecule has 142 valence electrons. The van der Waals surface area contributed by atoms with Crippen molar-refractivity contribution >= 4 is 17.5 Å². The van der Waals surface area contributed by atoms with Crippen molar-refractivity contribution < 1.29 is 19.1 Å². The van der Waals surface area contributed by atoms with Crippen molar-refractivity contribution in [2.45, 2.75) is 32.1 Å². The summed E-state index contributed by atoms with van der Waals surface area (Å²) in [6.07, 6.45) is 0.0888. The molecule has 2 saturated heterocycles. The Balaban J connectivity index is 1.54. The van der Waals surface area contributed by atoms with Crippen LogP contribution in [-0.4, -0.2) is 62.0 Å². The number of rotatable bonds is 6. The summed E-state index contributed by atoms with van der Waals surface area (Å²) in [5.74, 6) is 0.497. The van der Waals surface area contributed by atoms with Gasteiger partial charge in [0, 0.05) is 24.8 Å². The number of morpholine rings is 1. The monoisotopic (exact) mass is 362 g/mol. The fourth-order valence-corrected chi connectivity index (χ4v) is 3.22. The van der Waals surface area contributed by atoms with Gasteiger partial charge < -0.3 is 20.1 Å². The summed E-state index contributed by atoms with van der Waals surface area (Å²) < 4.78 is 10.8. The van der Waals surface area contributed by atoms with Gasteiger partial charge >= 0.3 is 0 Å². The van der Waals surface area contributed by atoms with E-state index in [9.17, 15) is 9.59 Å². The minimum atomic E-state index is -0.390. The molecule has 2 atom stereocenters. The Morgan fingerprint density at radius 1 is 1.38 bits per heavy atom.